The van der Waals surface area contributed by atoms with Gasteiger partial charge in [0, 0.05) is 18.4 Å². The fraction of sp³-hybridized carbons (Fsp3) is 1.00. The van der Waals surface area contributed by atoms with Crippen molar-refractivity contribution in [2.24, 2.45) is 11.3 Å². The van der Waals surface area contributed by atoms with Gasteiger partial charge in [-0.2, -0.15) is 0 Å². The molecule has 1 heterocycles. The molecule has 0 saturated carbocycles. The van der Waals surface area contributed by atoms with Crippen molar-refractivity contribution in [2.75, 3.05) is 24.2 Å². The van der Waals surface area contributed by atoms with Crippen molar-refractivity contribution in [3.63, 3.8) is 0 Å². The smallest absolute Gasteiger partial charge is 0.212 e. The third-order valence-electron chi connectivity index (χ3n) is 2.77. The maximum atomic E-state index is 12.1. The second-order valence-corrected chi connectivity index (χ2v) is 8.57. The molecule has 0 bridgehead atoms. The van der Waals surface area contributed by atoms with E-state index in [-0.39, 0.29) is 11.2 Å². The van der Waals surface area contributed by atoms with Gasteiger partial charge in [0.15, 0.2) is 0 Å². The normalized spacial score (nSPS) is 23.9. The molecule has 1 unspecified atom stereocenters. The molecule has 3 nitrogen and oxygen atoms in total. The molecule has 1 aliphatic heterocycles. The van der Waals surface area contributed by atoms with Crippen LogP contribution in [0.2, 0.25) is 0 Å². The Morgan fingerprint density at radius 3 is 2.50 bits per heavy atom. The van der Waals surface area contributed by atoms with E-state index < -0.39 is 10.0 Å². The molecule has 0 N–H and O–H groups in total. The second-order valence-electron chi connectivity index (χ2n) is 5.81. The Bertz CT molecular complexity index is 321. The summed E-state index contributed by atoms with van der Waals surface area (Å²) in [5, 5.41) is 0.963. The van der Waals surface area contributed by atoms with Crippen molar-refractivity contribution in [3.8, 4) is 0 Å². The Morgan fingerprint density at radius 2 is 2.00 bits per heavy atom. The summed E-state index contributed by atoms with van der Waals surface area (Å²) in [7, 11) is -3.05. The number of hydrogen-bond donors (Lipinski definition) is 0. The molecule has 1 fully saturated rings. The topological polar surface area (TPSA) is 37.4 Å². The highest BCUT2D eigenvalue weighted by Gasteiger charge is 2.33. The Kier molecular flexibility index (Phi) is 4.84. The van der Waals surface area contributed by atoms with E-state index in [1.54, 1.807) is 4.31 Å². The summed E-state index contributed by atoms with van der Waals surface area (Å²) in [5.41, 5.74) is -0.160. The molecule has 0 aromatic heterocycles. The van der Waals surface area contributed by atoms with E-state index in [2.05, 4.69) is 15.9 Å². The van der Waals surface area contributed by atoms with E-state index in [9.17, 15) is 8.42 Å². The quantitative estimate of drug-likeness (QED) is 0.748. The summed E-state index contributed by atoms with van der Waals surface area (Å²) in [6.45, 7) is 7.32. The van der Waals surface area contributed by atoms with Crippen LogP contribution in [-0.4, -0.2) is 36.9 Å². The lowest BCUT2D eigenvalue weighted by molar-refractivity contribution is 0.416. The first-order chi connectivity index (χ1) is 7.24. The van der Waals surface area contributed by atoms with Gasteiger partial charge >= 0.3 is 0 Å². The van der Waals surface area contributed by atoms with Gasteiger partial charge in [-0.05, 0) is 24.2 Å². The molecular formula is C11H22BrNO2S. The van der Waals surface area contributed by atoms with Gasteiger partial charge in [0.2, 0.25) is 10.0 Å². The van der Waals surface area contributed by atoms with Crippen molar-refractivity contribution in [2.45, 2.75) is 33.6 Å². The first-order valence-electron chi connectivity index (χ1n) is 5.78. The second kappa shape index (κ2) is 5.36. The first kappa shape index (κ1) is 14.5. The summed E-state index contributed by atoms with van der Waals surface area (Å²) >= 11 is 3.41. The Morgan fingerprint density at radius 1 is 1.38 bits per heavy atom. The lowest BCUT2D eigenvalue weighted by Gasteiger charge is -2.23. The number of nitrogens with zero attached hydrogens (tertiary/aromatic N) is 1. The predicted molar refractivity (Wildman–Crippen MR) is 71.3 cm³/mol. The van der Waals surface area contributed by atoms with Crippen LogP contribution in [0, 0.1) is 11.3 Å². The van der Waals surface area contributed by atoms with Crippen molar-refractivity contribution in [3.05, 3.63) is 0 Å². The summed E-state index contributed by atoms with van der Waals surface area (Å²) in [6.07, 6.45) is 2.08. The maximum absolute atomic E-state index is 12.1. The van der Waals surface area contributed by atoms with Crippen LogP contribution < -0.4 is 0 Å². The number of sulfonamides is 1. The van der Waals surface area contributed by atoms with Gasteiger partial charge < -0.3 is 0 Å². The fourth-order valence-corrected chi connectivity index (χ4v) is 4.82. The lowest BCUT2D eigenvalue weighted by Crippen LogP contribution is -2.35. The van der Waals surface area contributed by atoms with E-state index in [4.69, 9.17) is 0 Å². The van der Waals surface area contributed by atoms with Gasteiger partial charge in [-0.25, -0.2) is 12.7 Å². The highest BCUT2D eigenvalue weighted by atomic mass is 79.9. The van der Waals surface area contributed by atoms with Crippen molar-refractivity contribution < 1.29 is 8.42 Å². The number of alkyl halides is 1. The van der Waals surface area contributed by atoms with E-state index in [0.717, 1.165) is 18.2 Å². The monoisotopic (exact) mass is 311 g/mol. The molecule has 0 radical (unpaired) electrons. The minimum atomic E-state index is -3.05. The SMILES string of the molecule is CC(C)(C)CS(=O)(=O)N1CCC(CCBr)C1. The maximum Gasteiger partial charge on any atom is 0.214 e. The average Bonchev–Trinajstić information content (AvgIpc) is 2.49. The van der Waals surface area contributed by atoms with Crippen molar-refractivity contribution in [1.82, 2.24) is 4.31 Å². The molecule has 0 aliphatic carbocycles. The van der Waals surface area contributed by atoms with Gasteiger partial charge in [-0.15, -0.1) is 0 Å². The molecule has 1 atom stereocenters. The molecule has 1 aliphatic rings. The minimum absolute atomic E-state index is 0.160. The van der Waals surface area contributed by atoms with Crippen LogP contribution in [-0.2, 0) is 10.0 Å². The van der Waals surface area contributed by atoms with Crippen LogP contribution >= 0.6 is 15.9 Å². The molecular weight excluding hydrogens is 290 g/mol. The number of rotatable bonds is 4. The number of hydrogen-bond acceptors (Lipinski definition) is 2. The van der Waals surface area contributed by atoms with E-state index >= 15 is 0 Å². The minimum Gasteiger partial charge on any atom is -0.212 e. The predicted octanol–water partition coefficient (Wildman–Crippen LogP) is 2.47. The molecule has 1 rings (SSSR count). The first-order valence-corrected chi connectivity index (χ1v) is 8.51. The van der Waals surface area contributed by atoms with Crippen LogP contribution in [0.15, 0.2) is 0 Å². The summed E-state index contributed by atoms with van der Waals surface area (Å²) in [6, 6.07) is 0. The molecule has 0 amide bonds. The zero-order chi connectivity index (χ0) is 12.4. The highest BCUT2D eigenvalue weighted by molar-refractivity contribution is 9.09. The van der Waals surface area contributed by atoms with Gasteiger partial charge in [0.25, 0.3) is 0 Å². The average molecular weight is 312 g/mol. The van der Waals surface area contributed by atoms with Crippen molar-refractivity contribution in [1.29, 1.82) is 0 Å². The zero-order valence-corrected chi connectivity index (χ0v) is 12.8. The fourth-order valence-electron chi connectivity index (χ4n) is 2.08. The van der Waals surface area contributed by atoms with Crippen LogP contribution in [0.4, 0.5) is 0 Å². The molecule has 16 heavy (non-hydrogen) atoms. The molecule has 96 valence electrons. The lowest BCUT2D eigenvalue weighted by atomic mass is 10.0. The molecule has 5 heteroatoms. The van der Waals surface area contributed by atoms with Gasteiger partial charge in [-0.1, -0.05) is 36.7 Å². The van der Waals surface area contributed by atoms with Crippen LogP contribution in [0.1, 0.15) is 33.6 Å². The van der Waals surface area contributed by atoms with E-state index in [1.807, 2.05) is 20.8 Å². The van der Waals surface area contributed by atoms with Crippen LogP contribution in [0.5, 0.6) is 0 Å². The standard InChI is InChI=1S/C11H22BrNO2S/c1-11(2,3)9-16(14,15)13-7-5-10(8-13)4-6-12/h10H,4-9H2,1-3H3. The molecule has 0 aromatic carbocycles. The van der Waals surface area contributed by atoms with Gasteiger partial charge in [0.05, 0.1) is 5.75 Å². The summed E-state index contributed by atoms with van der Waals surface area (Å²) in [4.78, 5) is 0. The molecule has 0 spiro atoms. The van der Waals surface area contributed by atoms with Crippen molar-refractivity contribution >= 4 is 26.0 Å². The zero-order valence-electron chi connectivity index (χ0n) is 10.4. The van der Waals surface area contributed by atoms with Gasteiger partial charge in [0.1, 0.15) is 0 Å². The number of halogens is 1. The molecule has 0 aromatic rings. The van der Waals surface area contributed by atoms with Gasteiger partial charge in [-0.3, -0.25) is 0 Å². The Labute approximate surface area is 108 Å². The van der Waals surface area contributed by atoms with E-state index in [0.29, 0.717) is 19.0 Å². The van der Waals surface area contributed by atoms with E-state index in [1.165, 1.54) is 0 Å². The third kappa shape index (κ3) is 4.34. The third-order valence-corrected chi connectivity index (χ3v) is 5.58. The van der Waals surface area contributed by atoms with Crippen LogP contribution in [0.25, 0.3) is 0 Å². The molecule has 1 saturated heterocycles. The largest absolute Gasteiger partial charge is 0.214 e. The van der Waals surface area contributed by atoms with Crippen LogP contribution in [0.3, 0.4) is 0 Å². The summed E-state index contributed by atoms with van der Waals surface area (Å²) in [5.74, 6) is 0.787. The highest BCUT2D eigenvalue weighted by Crippen LogP contribution is 2.26. The Balaban J connectivity index is 2.59. The summed E-state index contributed by atoms with van der Waals surface area (Å²) < 4.78 is 25.9. The Hall–Kier alpha value is 0.390.